The number of hydrogen-bond donors (Lipinski definition) is 2. The Morgan fingerprint density at radius 2 is 1.89 bits per heavy atom. The summed E-state index contributed by atoms with van der Waals surface area (Å²) in [6.07, 6.45) is 0.771. The zero-order valence-corrected chi connectivity index (χ0v) is 19.8. The van der Waals surface area contributed by atoms with Gasteiger partial charge in [0, 0.05) is 33.2 Å². The maximum Gasteiger partial charge on any atom is 0.419 e. The molecule has 1 aliphatic carbocycles. The van der Waals surface area contributed by atoms with E-state index in [1.54, 1.807) is 16.8 Å². The van der Waals surface area contributed by atoms with Crippen molar-refractivity contribution in [2.24, 2.45) is 11.0 Å². The monoisotopic (exact) mass is 497 g/mol. The quantitative estimate of drug-likeness (QED) is 0.570. The predicted octanol–water partition coefficient (Wildman–Crippen LogP) is 3.83. The molecular formula is C24H31F4N5O2. The fraction of sp³-hybridized carbons (Fsp3) is 0.542. The van der Waals surface area contributed by atoms with Crippen molar-refractivity contribution in [1.82, 2.24) is 20.5 Å². The van der Waals surface area contributed by atoms with Gasteiger partial charge in [0.1, 0.15) is 5.83 Å². The van der Waals surface area contributed by atoms with Gasteiger partial charge in [0.2, 0.25) is 0 Å². The highest BCUT2D eigenvalue weighted by atomic mass is 19.4. The molecule has 2 aliphatic heterocycles. The molecule has 1 saturated heterocycles. The van der Waals surface area contributed by atoms with E-state index < -0.39 is 23.5 Å². The number of nitrogens with one attached hydrogen (secondary N) is 2. The summed E-state index contributed by atoms with van der Waals surface area (Å²) in [5.74, 6) is -2.10. The zero-order valence-electron chi connectivity index (χ0n) is 19.8. The molecule has 0 bridgehead atoms. The summed E-state index contributed by atoms with van der Waals surface area (Å²) < 4.78 is 55.0. The maximum atomic E-state index is 14.2. The van der Waals surface area contributed by atoms with Crippen LogP contribution in [0.25, 0.3) is 0 Å². The summed E-state index contributed by atoms with van der Waals surface area (Å²) in [4.78, 5) is 28.3. The van der Waals surface area contributed by atoms with Crippen LogP contribution in [0.4, 0.5) is 22.4 Å². The number of urea groups is 1. The lowest BCUT2D eigenvalue weighted by atomic mass is 9.83. The van der Waals surface area contributed by atoms with Gasteiger partial charge < -0.3 is 20.5 Å². The van der Waals surface area contributed by atoms with Crippen LogP contribution < -0.4 is 10.7 Å². The number of rotatable bonds is 2. The van der Waals surface area contributed by atoms with Crippen LogP contribution in [0.15, 0.2) is 52.5 Å². The summed E-state index contributed by atoms with van der Waals surface area (Å²) >= 11 is 0. The van der Waals surface area contributed by atoms with Crippen molar-refractivity contribution < 1.29 is 27.2 Å². The van der Waals surface area contributed by atoms with Gasteiger partial charge in [0.05, 0.1) is 12.1 Å². The molecule has 11 heteroatoms. The number of carbonyl (C=O) groups excluding carboxylic acids is 2. The first-order chi connectivity index (χ1) is 16.6. The van der Waals surface area contributed by atoms with Crippen molar-refractivity contribution in [3.63, 3.8) is 0 Å². The average Bonchev–Trinajstić information content (AvgIpc) is 3.03. The standard InChI is InChI=1S/C24H31F4N5O2/c1-16-6-5-12-33(23(35)29-2)15-11-30-31-21(16)22(34)32-13-9-17(10-14-32)18-7-3-4-8-19(25)20(18)24(26,27)28/h4,7-8,17,30H,1,3,5-6,9-15H2,2H3,(H,29,35)/b31-21+. The SMILES string of the molecule is C=C1CCCN(C(=O)NC)CCN/N=C\1C(=O)N1CCC(C2=CCC=CC(F)=C2C(F)(F)F)CC1. The number of halogens is 4. The zero-order chi connectivity index (χ0) is 25.6. The fourth-order valence-electron chi connectivity index (χ4n) is 4.58. The molecule has 7 nitrogen and oxygen atoms in total. The third-order valence-corrected chi connectivity index (χ3v) is 6.40. The Bertz CT molecular complexity index is 959. The van der Waals surface area contributed by atoms with Crippen molar-refractivity contribution in [2.75, 3.05) is 39.8 Å². The Balaban J connectivity index is 1.67. The highest BCUT2D eigenvalue weighted by Gasteiger charge is 2.42. The van der Waals surface area contributed by atoms with Crippen molar-refractivity contribution in [1.29, 1.82) is 0 Å². The van der Waals surface area contributed by atoms with E-state index in [0.29, 0.717) is 50.9 Å². The summed E-state index contributed by atoms with van der Waals surface area (Å²) in [5, 5.41) is 6.82. The highest BCUT2D eigenvalue weighted by molar-refractivity contribution is 6.45. The first-order valence-electron chi connectivity index (χ1n) is 11.7. The number of hydrogen-bond acceptors (Lipinski definition) is 4. The van der Waals surface area contributed by atoms with Crippen LogP contribution >= 0.6 is 0 Å². The van der Waals surface area contributed by atoms with Crippen LogP contribution in [-0.2, 0) is 4.79 Å². The first kappa shape index (κ1) is 26.5. The van der Waals surface area contributed by atoms with E-state index >= 15 is 0 Å². The van der Waals surface area contributed by atoms with Crippen LogP contribution in [0.5, 0.6) is 0 Å². The fourth-order valence-corrected chi connectivity index (χ4v) is 4.58. The molecule has 192 valence electrons. The Morgan fingerprint density at radius 3 is 2.54 bits per heavy atom. The minimum Gasteiger partial charge on any atom is -0.341 e. The van der Waals surface area contributed by atoms with Crippen LogP contribution in [-0.4, -0.2) is 73.4 Å². The lowest BCUT2D eigenvalue weighted by Gasteiger charge is -2.34. The van der Waals surface area contributed by atoms with Crippen molar-refractivity contribution in [3.05, 3.63) is 47.4 Å². The van der Waals surface area contributed by atoms with Gasteiger partial charge in [-0.2, -0.15) is 18.3 Å². The number of piperidine rings is 1. The maximum absolute atomic E-state index is 14.2. The summed E-state index contributed by atoms with van der Waals surface area (Å²) in [5.41, 5.74) is 2.31. The molecule has 0 radical (unpaired) electrons. The second-order valence-corrected chi connectivity index (χ2v) is 8.70. The summed E-state index contributed by atoms with van der Waals surface area (Å²) in [7, 11) is 1.56. The van der Waals surface area contributed by atoms with Gasteiger partial charge in [0.25, 0.3) is 5.91 Å². The average molecular weight is 498 g/mol. The van der Waals surface area contributed by atoms with Crippen molar-refractivity contribution in [3.8, 4) is 0 Å². The highest BCUT2D eigenvalue weighted by Crippen LogP contribution is 2.42. The van der Waals surface area contributed by atoms with Crippen LogP contribution in [0, 0.1) is 5.92 Å². The molecule has 3 rings (SSSR count). The second kappa shape index (κ2) is 11.5. The Labute approximate surface area is 202 Å². The number of likely N-dealkylation sites (tertiary alicyclic amines) is 1. The molecule has 0 spiro atoms. The van der Waals surface area contributed by atoms with Gasteiger partial charge in [-0.1, -0.05) is 18.7 Å². The van der Waals surface area contributed by atoms with Crippen LogP contribution in [0.1, 0.15) is 32.1 Å². The molecular weight excluding hydrogens is 466 g/mol. The first-order valence-corrected chi connectivity index (χ1v) is 11.7. The Kier molecular flexibility index (Phi) is 8.74. The Morgan fingerprint density at radius 1 is 1.17 bits per heavy atom. The number of nitrogens with zero attached hydrogens (tertiary/aromatic N) is 3. The molecule has 0 aromatic carbocycles. The molecule has 0 saturated carbocycles. The van der Waals surface area contributed by atoms with Gasteiger partial charge in [0.15, 0.2) is 5.71 Å². The summed E-state index contributed by atoms with van der Waals surface area (Å²) in [6, 6.07) is -0.191. The molecule has 2 heterocycles. The topological polar surface area (TPSA) is 77.0 Å². The van der Waals surface area contributed by atoms with Gasteiger partial charge in [-0.15, -0.1) is 0 Å². The number of hydrazone groups is 1. The van der Waals surface area contributed by atoms with Crippen LogP contribution in [0.3, 0.4) is 0 Å². The normalized spacial score (nSPS) is 22.6. The van der Waals surface area contributed by atoms with E-state index in [1.807, 2.05) is 0 Å². The molecule has 1 fully saturated rings. The molecule has 0 atom stereocenters. The number of amides is 3. The van der Waals surface area contributed by atoms with Gasteiger partial charge in [-0.25, -0.2) is 9.18 Å². The minimum absolute atomic E-state index is 0.0325. The molecule has 0 aromatic rings. The van der Waals surface area contributed by atoms with Gasteiger partial charge >= 0.3 is 12.2 Å². The number of allylic oxidation sites excluding steroid dienone is 6. The molecule has 0 aromatic heterocycles. The predicted molar refractivity (Wildman–Crippen MR) is 125 cm³/mol. The third kappa shape index (κ3) is 6.52. The van der Waals surface area contributed by atoms with E-state index in [2.05, 4.69) is 22.4 Å². The van der Waals surface area contributed by atoms with E-state index in [4.69, 9.17) is 0 Å². The summed E-state index contributed by atoms with van der Waals surface area (Å²) in [6.45, 7) is 5.73. The van der Waals surface area contributed by atoms with Gasteiger partial charge in [-0.3, -0.25) is 4.79 Å². The van der Waals surface area contributed by atoms with E-state index in [0.717, 1.165) is 6.08 Å². The van der Waals surface area contributed by atoms with Crippen LogP contribution in [0.2, 0.25) is 0 Å². The van der Waals surface area contributed by atoms with E-state index in [9.17, 15) is 27.2 Å². The molecule has 0 unspecified atom stereocenters. The third-order valence-electron chi connectivity index (χ3n) is 6.40. The van der Waals surface area contributed by atoms with Gasteiger partial charge in [-0.05, 0) is 55.2 Å². The molecule has 3 aliphatic rings. The number of carbonyl (C=O) groups is 2. The molecule has 2 N–H and O–H groups in total. The molecule has 3 amide bonds. The van der Waals surface area contributed by atoms with Crippen molar-refractivity contribution in [2.45, 2.75) is 38.3 Å². The minimum atomic E-state index is -4.79. The smallest absolute Gasteiger partial charge is 0.341 e. The second-order valence-electron chi connectivity index (χ2n) is 8.70. The number of alkyl halides is 3. The largest absolute Gasteiger partial charge is 0.419 e. The lowest BCUT2D eigenvalue weighted by Crippen LogP contribution is -2.45. The Hall–Kier alpha value is -3.11. The lowest BCUT2D eigenvalue weighted by molar-refractivity contribution is -0.125. The van der Waals surface area contributed by atoms with Crippen molar-refractivity contribution >= 4 is 17.6 Å². The molecule has 35 heavy (non-hydrogen) atoms. The van der Waals surface area contributed by atoms with E-state index in [-0.39, 0.29) is 42.7 Å². The van der Waals surface area contributed by atoms with E-state index in [1.165, 1.54) is 12.2 Å².